The van der Waals surface area contributed by atoms with Gasteiger partial charge in [0, 0.05) is 32.0 Å². The molecule has 7 heteroatoms. The van der Waals surface area contributed by atoms with Crippen LogP contribution in [0.15, 0.2) is 30.6 Å². The van der Waals surface area contributed by atoms with Crippen molar-refractivity contribution in [1.82, 2.24) is 19.7 Å². The van der Waals surface area contributed by atoms with E-state index < -0.39 is 0 Å². The number of rotatable bonds is 3. The Bertz CT molecular complexity index is 755. The van der Waals surface area contributed by atoms with E-state index in [-0.39, 0.29) is 17.7 Å². The molecule has 2 aromatic rings. The molecule has 1 fully saturated rings. The van der Waals surface area contributed by atoms with Crippen molar-refractivity contribution in [2.24, 2.45) is 13.0 Å². The topological polar surface area (TPSA) is 80.1 Å². The van der Waals surface area contributed by atoms with E-state index >= 15 is 0 Å². The molecule has 1 unspecified atom stereocenters. The van der Waals surface area contributed by atoms with Crippen LogP contribution in [0.25, 0.3) is 0 Å². The molecular formula is C17H21N5O2. The van der Waals surface area contributed by atoms with Crippen LogP contribution < -0.4 is 5.32 Å². The van der Waals surface area contributed by atoms with Gasteiger partial charge in [-0.25, -0.2) is 4.98 Å². The third-order valence-corrected chi connectivity index (χ3v) is 4.17. The average molecular weight is 327 g/mol. The fraction of sp³-hybridized carbons (Fsp3) is 0.412. The molecule has 2 aromatic heterocycles. The number of hydrogen-bond donors (Lipinski definition) is 1. The van der Waals surface area contributed by atoms with Crippen LogP contribution in [0.1, 0.15) is 28.9 Å². The zero-order valence-corrected chi connectivity index (χ0v) is 13.9. The molecule has 0 saturated carbocycles. The second kappa shape index (κ2) is 6.82. The Morgan fingerprint density at radius 3 is 2.88 bits per heavy atom. The van der Waals surface area contributed by atoms with Crippen LogP contribution in [0.3, 0.4) is 0 Å². The van der Waals surface area contributed by atoms with Gasteiger partial charge in [0.05, 0.1) is 17.7 Å². The minimum atomic E-state index is -0.221. The van der Waals surface area contributed by atoms with E-state index in [1.807, 2.05) is 19.1 Å². The van der Waals surface area contributed by atoms with Crippen molar-refractivity contribution >= 4 is 17.6 Å². The summed E-state index contributed by atoms with van der Waals surface area (Å²) >= 11 is 0. The number of pyridine rings is 1. The Morgan fingerprint density at radius 1 is 1.33 bits per heavy atom. The maximum absolute atomic E-state index is 12.5. The number of aryl methyl sites for hydroxylation is 2. The number of nitrogens with one attached hydrogen (secondary N) is 1. The van der Waals surface area contributed by atoms with Crippen molar-refractivity contribution in [3.05, 3.63) is 41.9 Å². The molecule has 2 amide bonds. The molecule has 0 bridgehead atoms. The summed E-state index contributed by atoms with van der Waals surface area (Å²) in [6, 6.07) is 5.51. The van der Waals surface area contributed by atoms with E-state index in [1.54, 1.807) is 35.1 Å². The second-order valence-electron chi connectivity index (χ2n) is 6.15. The first-order chi connectivity index (χ1) is 11.5. The summed E-state index contributed by atoms with van der Waals surface area (Å²) in [5, 5.41) is 6.88. The molecule has 0 radical (unpaired) electrons. The fourth-order valence-corrected chi connectivity index (χ4v) is 2.93. The number of hydrogen-bond acceptors (Lipinski definition) is 4. The highest BCUT2D eigenvalue weighted by Crippen LogP contribution is 2.20. The van der Waals surface area contributed by atoms with E-state index in [1.165, 1.54) is 0 Å². The molecule has 3 heterocycles. The van der Waals surface area contributed by atoms with Gasteiger partial charge in [0.15, 0.2) is 0 Å². The van der Waals surface area contributed by atoms with Gasteiger partial charge in [0.25, 0.3) is 5.91 Å². The molecule has 0 aromatic carbocycles. The van der Waals surface area contributed by atoms with Gasteiger partial charge in [-0.1, -0.05) is 6.07 Å². The SMILES string of the molecule is Cc1cccc(NC(=O)C2CCCN(C(=O)c3cnn(C)c3)C2)n1. The van der Waals surface area contributed by atoms with Crippen LogP contribution in [-0.4, -0.2) is 44.6 Å². The normalized spacial score (nSPS) is 17.6. The van der Waals surface area contributed by atoms with Gasteiger partial charge in [-0.15, -0.1) is 0 Å². The van der Waals surface area contributed by atoms with Gasteiger partial charge < -0.3 is 10.2 Å². The van der Waals surface area contributed by atoms with Gasteiger partial charge in [-0.2, -0.15) is 5.10 Å². The monoisotopic (exact) mass is 327 g/mol. The lowest BCUT2D eigenvalue weighted by Crippen LogP contribution is -2.43. The first-order valence-corrected chi connectivity index (χ1v) is 8.05. The van der Waals surface area contributed by atoms with Gasteiger partial charge in [-0.3, -0.25) is 14.3 Å². The van der Waals surface area contributed by atoms with E-state index in [0.29, 0.717) is 24.5 Å². The van der Waals surface area contributed by atoms with Crippen molar-refractivity contribution in [2.75, 3.05) is 18.4 Å². The molecule has 1 N–H and O–H groups in total. The summed E-state index contributed by atoms with van der Waals surface area (Å²) in [4.78, 5) is 31.0. The molecule has 7 nitrogen and oxygen atoms in total. The molecule has 1 aliphatic heterocycles. The number of likely N-dealkylation sites (tertiary alicyclic amines) is 1. The maximum Gasteiger partial charge on any atom is 0.257 e. The summed E-state index contributed by atoms with van der Waals surface area (Å²) in [5.41, 5.74) is 1.41. The van der Waals surface area contributed by atoms with Crippen LogP contribution >= 0.6 is 0 Å². The number of aromatic nitrogens is 3. The molecule has 3 rings (SSSR count). The van der Waals surface area contributed by atoms with Crippen LogP contribution in [0.5, 0.6) is 0 Å². The molecule has 126 valence electrons. The average Bonchev–Trinajstić information content (AvgIpc) is 3.01. The molecule has 24 heavy (non-hydrogen) atoms. The van der Waals surface area contributed by atoms with Crippen LogP contribution in [0.4, 0.5) is 5.82 Å². The van der Waals surface area contributed by atoms with E-state index in [2.05, 4.69) is 15.4 Å². The summed E-state index contributed by atoms with van der Waals surface area (Å²) in [7, 11) is 1.78. The molecule has 0 aliphatic carbocycles. The molecule has 1 saturated heterocycles. The Kier molecular flexibility index (Phi) is 4.59. The Balaban J connectivity index is 1.64. The number of carbonyl (C=O) groups is 2. The Labute approximate surface area is 140 Å². The first-order valence-electron chi connectivity index (χ1n) is 8.05. The third-order valence-electron chi connectivity index (χ3n) is 4.17. The van der Waals surface area contributed by atoms with Gasteiger partial charge in [0.2, 0.25) is 5.91 Å². The number of piperidine rings is 1. The van der Waals surface area contributed by atoms with E-state index in [0.717, 1.165) is 18.5 Å². The highest BCUT2D eigenvalue weighted by Gasteiger charge is 2.29. The lowest BCUT2D eigenvalue weighted by Gasteiger charge is -2.31. The third kappa shape index (κ3) is 3.61. The summed E-state index contributed by atoms with van der Waals surface area (Å²) < 4.78 is 1.60. The van der Waals surface area contributed by atoms with Crippen molar-refractivity contribution in [3.63, 3.8) is 0 Å². The van der Waals surface area contributed by atoms with Crippen LogP contribution in [0.2, 0.25) is 0 Å². The Morgan fingerprint density at radius 2 is 2.17 bits per heavy atom. The lowest BCUT2D eigenvalue weighted by molar-refractivity contribution is -0.121. The minimum Gasteiger partial charge on any atom is -0.338 e. The van der Waals surface area contributed by atoms with Crippen LogP contribution in [0, 0.1) is 12.8 Å². The lowest BCUT2D eigenvalue weighted by atomic mass is 9.96. The number of amides is 2. The van der Waals surface area contributed by atoms with Crippen molar-refractivity contribution < 1.29 is 9.59 Å². The molecular weight excluding hydrogens is 306 g/mol. The predicted molar refractivity (Wildman–Crippen MR) is 89.4 cm³/mol. The van der Waals surface area contributed by atoms with Crippen molar-refractivity contribution in [2.45, 2.75) is 19.8 Å². The fourth-order valence-electron chi connectivity index (χ4n) is 2.93. The quantitative estimate of drug-likeness (QED) is 0.929. The van der Waals surface area contributed by atoms with E-state index in [9.17, 15) is 9.59 Å². The number of anilines is 1. The highest BCUT2D eigenvalue weighted by atomic mass is 16.2. The standard InChI is InChI=1S/C17H21N5O2/c1-12-5-3-7-15(19-12)20-16(23)13-6-4-8-22(11-13)17(24)14-9-18-21(2)10-14/h3,5,7,9-10,13H,4,6,8,11H2,1-2H3,(H,19,20,23). The predicted octanol–water partition coefficient (Wildman–Crippen LogP) is 1.61. The first kappa shape index (κ1) is 16.2. The van der Waals surface area contributed by atoms with Crippen LogP contribution in [-0.2, 0) is 11.8 Å². The summed E-state index contributed by atoms with van der Waals surface area (Å²) in [6.45, 7) is 2.97. The number of nitrogens with zero attached hydrogens (tertiary/aromatic N) is 4. The second-order valence-corrected chi connectivity index (χ2v) is 6.15. The molecule has 1 aliphatic rings. The maximum atomic E-state index is 12.5. The highest BCUT2D eigenvalue weighted by molar-refractivity contribution is 5.95. The minimum absolute atomic E-state index is 0.0747. The Hall–Kier alpha value is -2.70. The smallest absolute Gasteiger partial charge is 0.257 e. The van der Waals surface area contributed by atoms with Gasteiger partial charge in [0.1, 0.15) is 5.82 Å². The number of carbonyl (C=O) groups excluding carboxylic acids is 2. The molecule has 1 atom stereocenters. The summed E-state index contributed by atoms with van der Waals surface area (Å²) in [6.07, 6.45) is 4.84. The van der Waals surface area contributed by atoms with E-state index in [4.69, 9.17) is 0 Å². The van der Waals surface area contributed by atoms with Crippen molar-refractivity contribution in [3.8, 4) is 0 Å². The zero-order valence-electron chi connectivity index (χ0n) is 13.9. The van der Waals surface area contributed by atoms with Crippen molar-refractivity contribution in [1.29, 1.82) is 0 Å². The van der Waals surface area contributed by atoms with Gasteiger partial charge >= 0.3 is 0 Å². The molecule has 0 spiro atoms. The van der Waals surface area contributed by atoms with Gasteiger partial charge in [-0.05, 0) is 31.9 Å². The zero-order chi connectivity index (χ0) is 17.1. The summed E-state index contributed by atoms with van der Waals surface area (Å²) in [5.74, 6) is 0.170. The largest absolute Gasteiger partial charge is 0.338 e.